The summed E-state index contributed by atoms with van der Waals surface area (Å²) in [7, 11) is 0. The summed E-state index contributed by atoms with van der Waals surface area (Å²) in [6.45, 7) is 7.18. The van der Waals surface area contributed by atoms with Gasteiger partial charge in [-0.2, -0.15) is 0 Å². The predicted molar refractivity (Wildman–Crippen MR) is 116 cm³/mol. The first-order valence-electron chi connectivity index (χ1n) is 11.4. The number of rotatable bonds is 0. The minimum absolute atomic E-state index is 0.263. The Morgan fingerprint density at radius 2 is 1.19 bits per heavy atom. The summed E-state index contributed by atoms with van der Waals surface area (Å²) in [6, 6.07) is 3.29. The number of cyclic esters (lactones) is 6. The summed E-state index contributed by atoms with van der Waals surface area (Å²) in [5.74, 6) is -5.69. The van der Waals surface area contributed by atoms with Crippen LogP contribution in [-0.4, -0.2) is 35.8 Å². The summed E-state index contributed by atoms with van der Waals surface area (Å²) in [5, 5.41) is 0. The predicted octanol–water partition coefficient (Wildman–Crippen LogP) is 1.32. The van der Waals surface area contributed by atoms with E-state index >= 15 is 0 Å². The Bertz CT molecular complexity index is 1200. The number of hydrogen-bond donors (Lipinski definition) is 0. The Kier molecular flexibility index (Phi) is 6.27. The number of carbonyl (C=O) groups excluding carboxylic acids is 6. The third kappa shape index (κ3) is 4.18. The van der Waals surface area contributed by atoms with Crippen molar-refractivity contribution in [3.05, 3.63) is 45.5 Å². The average molecular weight is 500 g/mol. The van der Waals surface area contributed by atoms with E-state index in [-0.39, 0.29) is 18.5 Å². The van der Waals surface area contributed by atoms with E-state index in [1.54, 1.807) is 13.8 Å². The third-order valence-electron chi connectivity index (χ3n) is 7.15. The second kappa shape index (κ2) is 8.96. The Hall–Kier alpha value is -3.89. The Labute approximate surface area is 204 Å². The van der Waals surface area contributed by atoms with Crippen LogP contribution in [0, 0.1) is 48.9 Å². The van der Waals surface area contributed by atoms with E-state index in [9.17, 15) is 33.6 Å². The molecule has 4 heterocycles. The molecule has 190 valence electrons. The maximum atomic E-state index is 12.0. The highest BCUT2D eigenvalue weighted by Gasteiger charge is 2.73. The van der Waals surface area contributed by atoms with Crippen molar-refractivity contribution in [1.29, 1.82) is 0 Å². The fourth-order valence-corrected chi connectivity index (χ4v) is 5.96. The van der Waals surface area contributed by atoms with Crippen LogP contribution in [0.4, 0.5) is 0 Å². The zero-order valence-corrected chi connectivity index (χ0v) is 20.0. The molecule has 4 atom stereocenters. The second-order valence-corrected chi connectivity index (χ2v) is 9.68. The molecule has 1 aromatic rings. The first-order valence-corrected chi connectivity index (χ1v) is 11.4. The first-order chi connectivity index (χ1) is 16.8. The molecule has 0 radical (unpaired) electrons. The van der Waals surface area contributed by atoms with Crippen molar-refractivity contribution >= 4 is 35.8 Å². The fourth-order valence-electron chi connectivity index (χ4n) is 5.96. The zero-order chi connectivity index (χ0) is 26.5. The van der Waals surface area contributed by atoms with Gasteiger partial charge in [0.15, 0.2) is 0 Å². The Balaban J connectivity index is 0.000000157. The van der Waals surface area contributed by atoms with Crippen LogP contribution in [0.3, 0.4) is 0 Å². The first kappa shape index (κ1) is 25.2. The molecule has 4 fully saturated rings. The molecular weight excluding hydrogens is 476 g/mol. The van der Waals surface area contributed by atoms with Crippen molar-refractivity contribution in [2.45, 2.75) is 40.5 Å². The molecule has 0 spiro atoms. The van der Waals surface area contributed by atoms with Gasteiger partial charge in [-0.1, -0.05) is 18.6 Å². The van der Waals surface area contributed by atoms with Crippen LogP contribution in [0.2, 0.25) is 0 Å². The molecule has 1 saturated carbocycles. The maximum absolute atomic E-state index is 12.0. The number of allylic oxidation sites excluding steroid dienone is 2. The number of aryl methyl sites for hydroxylation is 2. The van der Waals surface area contributed by atoms with Crippen molar-refractivity contribution in [3.63, 3.8) is 0 Å². The quantitative estimate of drug-likeness (QED) is 0.219. The zero-order valence-electron chi connectivity index (χ0n) is 20.0. The van der Waals surface area contributed by atoms with E-state index in [2.05, 4.69) is 4.74 Å². The molecule has 0 N–H and O–H groups in total. The van der Waals surface area contributed by atoms with Gasteiger partial charge in [0.1, 0.15) is 5.76 Å². The molecular formula is C25H24O11. The van der Waals surface area contributed by atoms with Crippen LogP contribution in [0.1, 0.15) is 38.0 Å². The van der Waals surface area contributed by atoms with E-state index in [4.69, 9.17) is 13.9 Å². The Morgan fingerprint density at radius 1 is 0.694 bits per heavy atom. The number of esters is 6. The van der Waals surface area contributed by atoms with Crippen LogP contribution in [-0.2, 0) is 43.0 Å². The van der Waals surface area contributed by atoms with Crippen molar-refractivity contribution in [3.8, 4) is 0 Å². The highest BCUT2D eigenvalue weighted by molar-refractivity contribution is 6.04. The molecule has 6 aliphatic rings. The lowest BCUT2D eigenvalue weighted by Crippen LogP contribution is -2.57. The van der Waals surface area contributed by atoms with E-state index in [1.165, 1.54) is 6.07 Å². The van der Waals surface area contributed by atoms with Gasteiger partial charge in [-0.3, -0.25) is 28.8 Å². The SMILES string of the molecule is CC1=CC2(C)C3C(=O)OC(=O)C3C1C1C(=O)OC(=O)C12.Cc1cc(C)oc(=O)c1.O=C1CCC(=O)O1. The van der Waals surface area contributed by atoms with Crippen LogP contribution < -0.4 is 5.63 Å². The monoisotopic (exact) mass is 500 g/mol. The molecule has 4 unspecified atom stereocenters. The lowest BCUT2D eigenvalue weighted by atomic mass is 9.46. The largest absolute Gasteiger partial charge is 0.428 e. The minimum atomic E-state index is -0.888. The van der Waals surface area contributed by atoms with Crippen LogP contribution in [0.5, 0.6) is 0 Å². The van der Waals surface area contributed by atoms with Gasteiger partial charge in [0.25, 0.3) is 0 Å². The molecule has 0 aromatic carbocycles. The van der Waals surface area contributed by atoms with Gasteiger partial charge in [0.2, 0.25) is 0 Å². The molecule has 11 heteroatoms. The number of ether oxygens (including phenoxy) is 3. The summed E-state index contributed by atoms with van der Waals surface area (Å²) in [4.78, 5) is 78.5. The average Bonchev–Trinajstić information content (AvgIpc) is 3.38. The summed E-state index contributed by atoms with van der Waals surface area (Å²) < 4.78 is 18.3. The van der Waals surface area contributed by atoms with Crippen molar-refractivity contribution < 1.29 is 47.4 Å². The molecule has 7 rings (SSSR count). The van der Waals surface area contributed by atoms with Gasteiger partial charge in [-0.05, 0) is 32.4 Å². The molecule has 1 aromatic heterocycles. The van der Waals surface area contributed by atoms with Gasteiger partial charge in [0.05, 0.1) is 36.5 Å². The summed E-state index contributed by atoms with van der Waals surface area (Å²) >= 11 is 0. The highest BCUT2D eigenvalue weighted by atomic mass is 16.6. The topological polar surface area (TPSA) is 160 Å². The van der Waals surface area contributed by atoms with Crippen LogP contribution >= 0.6 is 0 Å². The third-order valence-corrected chi connectivity index (χ3v) is 7.15. The summed E-state index contributed by atoms with van der Waals surface area (Å²) in [6.07, 6.45) is 2.37. The van der Waals surface area contributed by atoms with Crippen LogP contribution in [0.25, 0.3) is 0 Å². The number of hydrogen-bond acceptors (Lipinski definition) is 11. The lowest BCUT2D eigenvalue weighted by molar-refractivity contribution is -0.156. The number of carbonyl (C=O) groups is 6. The minimum Gasteiger partial charge on any atom is -0.428 e. The van der Waals surface area contributed by atoms with E-state index in [0.29, 0.717) is 5.76 Å². The van der Waals surface area contributed by atoms with Gasteiger partial charge in [-0.25, -0.2) is 4.79 Å². The van der Waals surface area contributed by atoms with Crippen molar-refractivity contribution in [1.82, 2.24) is 0 Å². The molecule has 3 aliphatic heterocycles. The normalized spacial score (nSPS) is 33.3. The molecule has 3 saturated heterocycles. The molecule has 3 aliphatic carbocycles. The summed E-state index contributed by atoms with van der Waals surface area (Å²) in [5.41, 5.74) is 0.644. The maximum Gasteiger partial charge on any atom is 0.336 e. The van der Waals surface area contributed by atoms with Gasteiger partial charge in [0, 0.05) is 17.4 Å². The van der Waals surface area contributed by atoms with Gasteiger partial charge >= 0.3 is 41.4 Å². The lowest BCUT2D eigenvalue weighted by Gasteiger charge is -2.51. The van der Waals surface area contributed by atoms with Gasteiger partial charge < -0.3 is 18.6 Å². The van der Waals surface area contributed by atoms with E-state index in [0.717, 1.165) is 11.1 Å². The van der Waals surface area contributed by atoms with Crippen LogP contribution in [0.15, 0.2) is 33.0 Å². The van der Waals surface area contributed by atoms with Crippen molar-refractivity contribution in [2.75, 3.05) is 0 Å². The smallest absolute Gasteiger partial charge is 0.336 e. The molecule has 36 heavy (non-hydrogen) atoms. The molecule has 2 bridgehead atoms. The van der Waals surface area contributed by atoms with Crippen molar-refractivity contribution in [2.24, 2.45) is 35.0 Å². The highest BCUT2D eigenvalue weighted by Crippen LogP contribution is 2.64. The van der Waals surface area contributed by atoms with Gasteiger partial charge in [-0.15, -0.1) is 0 Å². The second-order valence-electron chi connectivity index (χ2n) is 9.68. The molecule has 0 amide bonds. The fraction of sp³-hybridized carbons (Fsp3) is 0.480. The standard InChI is InChI=1S/C14H12O6.C7H8O2.C4H4O3/c1-4-3-14(2)8-6(10(15)19-12(8)17)5(4)7-9(14)13(18)20-11(7)16;1-5-3-6(2)9-7(8)4-5;5-3-1-2-4(6)7-3/h3,5-9H,1-2H3;3-4H,1-2H3;1-2H2. The van der Waals surface area contributed by atoms with E-state index < -0.39 is 70.8 Å². The van der Waals surface area contributed by atoms with E-state index in [1.807, 2.05) is 26.0 Å². The molecule has 11 nitrogen and oxygen atoms in total. The Morgan fingerprint density at radius 3 is 1.58 bits per heavy atom.